The molecule has 0 radical (unpaired) electrons. The molecular weight excluding hydrogens is 224 g/mol. The quantitative estimate of drug-likeness (QED) is 0.837. The smallest absolute Gasteiger partial charge is 0.142 e. The van der Waals surface area contributed by atoms with E-state index in [0.717, 1.165) is 18.4 Å². The van der Waals surface area contributed by atoms with E-state index in [0.29, 0.717) is 5.92 Å². The third-order valence-corrected chi connectivity index (χ3v) is 2.76. The van der Waals surface area contributed by atoms with Gasteiger partial charge in [-0.3, -0.25) is 0 Å². The molecule has 0 unspecified atom stereocenters. The zero-order valence-electron chi connectivity index (χ0n) is 7.54. The molecule has 78 valence electrons. The van der Waals surface area contributed by atoms with Gasteiger partial charge in [0.15, 0.2) is 0 Å². The summed E-state index contributed by atoms with van der Waals surface area (Å²) in [5, 5.41) is 0.159. The van der Waals surface area contributed by atoms with Gasteiger partial charge in [-0.15, -0.1) is 12.4 Å². The molecule has 0 amide bonds. The Morgan fingerprint density at radius 2 is 2.07 bits per heavy atom. The molecule has 0 aromatic heterocycles. The highest BCUT2D eigenvalue weighted by Crippen LogP contribution is 2.39. The second kappa shape index (κ2) is 4.47. The summed E-state index contributed by atoms with van der Waals surface area (Å²) in [6.45, 7) is 0. The second-order valence-electron chi connectivity index (χ2n) is 3.54. The number of rotatable bonds is 2. The van der Waals surface area contributed by atoms with Gasteiger partial charge < -0.3 is 5.73 Å². The average molecular weight is 236 g/mol. The predicted molar refractivity (Wildman–Crippen MR) is 58.3 cm³/mol. The zero-order chi connectivity index (χ0) is 9.42. The highest BCUT2D eigenvalue weighted by molar-refractivity contribution is 6.30. The van der Waals surface area contributed by atoms with Gasteiger partial charge in [-0.1, -0.05) is 17.7 Å². The number of hydrogen-bond acceptors (Lipinski definition) is 1. The minimum absolute atomic E-state index is 0. The molecular formula is C10H12Cl2FN. The van der Waals surface area contributed by atoms with Crippen LogP contribution in [0.25, 0.3) is 0 Å². The zero-order valence-corrected chi connectivity index (χ0v) is 9.11. The van der Waals surface area contributed by atoms with Crippen molar-refractivity contribution in [3.05, 3.63) is 34.6 Å². The molecule has 0 spiro atoms. The Morgan fingerprint density at radius 3 is 2.57 bits per heavy atom. The van der Waals surface area contributed by atoms with E-state index in [-0.39, 0.29) is 29.3 Å². The van der Waals surface area contributed by atoms with Crippen molar-refractivity contribution in [2.45, 2.75) is 18.9 Å². The van der Waals surface area contributed by atoms with Crippen molar-refractivity contribution in [3.63, 3.8) is 0 Å². The van der Waals surface area contributed by atoms with Gasteiger partial charge in [0, 0.05) is 6.04 Å². The molecule has 2 rings (SSSR count). The van der Waals surface area contributed by atoms with E-state index >= 15 is 0 Å². The van der Waals surface area contributed by atoms with Crippen LogP contribution in [-0.2, 0) is 0 Å². The van der Waals surface area contributed by atoms with E-state index in [4.69, 9.17) is 17.3 Å². The third-order valence-electron chi connectivity index (χ3n) is 2.46. The second-order valence-corrected chi connectivity index (χ2v) is 3.94. The van der Waals surface area contributed by atoms with Gasteiger partial charge in [0.25, 0.3) is 0 Å². The maximum Gasteiger partial charge on any atom is 0.142 e. The molecule has 4 heteroatoms. The van der Waals surface area contributed by atoms with Gasteiger partial charge in [-0.25, -0.2) is 4.39 Å². The van der Waals surface area contributed by atoms with Crippen molar-refractivity contribution < 1.29 is 4.39 Å². The van der Waals surface area contributed by atoms with Crippen LogP contribution in [0, 0.1) is 11.7 Å². The lowest BCUT2D eigenvalue weighted by Crippen LogP contribution is -2.12. The minimum Gasteiger partial charge on any atom is -0.324 e. The molecule has 1 atom stereocenters. The molecule has 0 heterocycles. The molecule has 0 saturated heterocycles. The lowest BCUT2D eigenvalue weighted by atomic mass is 10.0. The topological polar surface area (TPSA) is 26.0 Å². The van der Waals surface area contributed by atoms with Crippen molar-refractivity contribution >= 4 is 24.0 Å². The molecule has 1 fully saturated rings. The Hall–Kier alpha value is -0.310. The van der Waals surface area contributed by atoms with Gasteiger partial charge >= 0.3 is 0 Å². The summed E-state index contributed by atoms with van der Waals surface area (Å²) in [6, 6.07) is 4.78. The summed E-state index contributed by atoms with van der Waals surface area (Å²) < 4.78 is 13.0. The summed E-state index contributed by atoms with van der Waals surface area (Å²) in [7, 11) is 0. The lowest BCUT2D eigenvalue weighted by Gasteiger charge is -2.10. The van der Waals surface area contributed by atoms with Crippen molar-refractivity contribution in [3.8, 4) is 0 Å². The number of nitrogens with two attached hydrogens (primary N) is 1. The van der Waals surface area contributed by atoms with Gasteiger partial charge in [0.05, 0.1) is 5.02 Å². The maximum atomic E-state index is 13.0. The van der Waals surface area contributed by atoms with Crippen molar-refractivity contribution in [2.24, 2.45) is 11.7 Å². The van der Waals surface area contributed by atoms with Crippen LogP contribution < -0.4 is 5.73 Å². The molecule has 1 aliphatic rings. The molecule has 1 aromatic rings. The Bertz CT molecular complexity index is 326. The normalized spacial score (nSPS) is 17.4. The van der Waals surface area contributed by atoms with Crippen molar-refractivity contribution in [1.82, 2.24) is 0 Å². The van der Waals surface area contributed by atoms with E-state index < -0.39 is 0 Å². The molecule has 1 aromatic carbocycles. The summed E-state index contributed by atoms with van der Waals surface area (Å²) in [4.78, 5) is 0. The highest BCUT2D eigenvalue weighted by Gasteiger charge is 2.29. The number of benzene rings is 1. The van der Waals surface area contributed by atoms with Gasteiger partial charge in [0.1, 0.15) is 5.82 Å². The summed E-state index contributed by atoms with van der Waals surface area (Å²) >= 11 is 5.56. The molecule has 1 nitrogen and oxygen atoms in total. The number of hydrogen-bond donors (Lipinski definition) is 1. The highest BCUT2D eigenvalue weighted by atomic mass is 35.5. The summed E-state index contributed by atoms with van der Waals surface area (Å²) in [6.07, 6.45) is 2.32. The van der Waals surface area contributed by atoms with E-state index in [1.54, 1.807) is 12.1 Å². The molecule has 14 heavy (non-hydrogen) atoms. The molecule has 0 bridgehead atoms. The Morgan fingerprint density at radius 1 is 1.43 bits per heavy atom. The van der Waals surface area contributed by atoms with Crippen LogP contribution in [0.3, 0.4) is 0 Å². The van der Waals surface area contributed by atoms with Gasteiger partial charge in [-0.2, -0.15) is 0 Å². The Kier molecular flexibility index (Phi) is 3.76. The number of halogens is 3. The van der Waals surface area contributed by atoms with Crippen LogP contribution in [0.4, 0.5) is 4.39 Å². The lowest BCUT2D eigenvalue weighted by molar-refractivity contribution is 0.602. The average Bonchev–Trinajstić information content (AvgIpc) is 2.91. The first-order valence-electron chi connectivity index (χ1n) is 4.39. The fraction of sp³-hybridized carbons (Fsp3) is 0.400. The van der Waals surface area contributed by atoms with Crippen molar-refractivity contribution in [1.29, 1.82) is 0 Å². The minimum atomic E-state index is -0.379. The fourth-order valence-corrected chi connectivity index (χ4v) is 1.56. The van der Waals surface area contributed by atoms with Crippen LogP contribution in [0.15, 0.2) is 18.2 Å². The van der Waals surface area contributed by atoms with E-state index in [2.05, 4.69) is 0 Å². The van der Waals surface area contributed by atoms with E-state index in [9.17, 15) is 4.39 Å². The van der Waals surface area contributed by atoms with E-state index in [1.807, 2.05) is 0 Å². The third kappa shape index (κ3) is 2.38. The first-order valence-corrected chi connectivity index (χ1v) is 4.77. The van der Waals surface area contributed by atoms with Crippen LogP contribution in [0.5, 0.6) is 0 Å². The molecule has 1 aliphatic carbocycles. The fourth-order valence-electron chi connectivity index (χ4n) is 1.45. The first kappa shape index (κ1) is 11.8. The predicted octanol–water partition coefficient (Wildman–Crippen LogP) is 3.31. The standard InChI is InChI=1S/C10H11ClFN.ClH/c11-8-4-3-7(5-9(8)12)10(13)6-1-2-6;/h3-6,10H,1-2,13H2;1H/t10-;/m0./s1. The van der Waals surface area contributed by atoms with E-state index in [1.165, 1.54) is 6.07 Å². The van der Waals surface area contributed by atoms with Crippen LogP contribution >= 0.6 is 24.0 Å². The molecule has 1 saturated carbocycles. The maximum absolute atomic E-state index is 13.0. The Balaban J connectivity index is 0.000000980. The summed E-state index contributed by atoms with van der Waals surface area (Å²) in [5.74, 6) is 0.163. The SMILES string of the molecule is Cl.N[C@H](c1ccc(Cl)c(F)c1)C1CC1. The van der Waals surface area contributed by atoms with Crippen LogP contribution in [-0.4, -0.2) is 0 Å². The molecule has 2 N–H and O–H groups in total. The molecule has 0 aliphatic heterocycles. The van der Waals surface area contributed by atoms with Crippen molar-refractivity contribution in [2.75, 3.05) is 0 Å². The monoisotopic (exact) mass is 235 g/mol. The largest absolute Gasteiger partial charge is 0.324 e. The van der Waals surface area contributed by atoms with Gasteiger partial charge in [-0.05, 0) is 36.5 Å². The van der Waals surface area contributed by atoms with Crippen LogP contribution in [0.2, 0.25) is 5.02 Å². The van der Waals surface area contributed by atoms with Gasteiger partial charge in [0.2, 0.25) is 0 Å². The first-order chi connectivity index (χ1) is 6.18. The Labute approximate surface area is 93.8 Å². The van der Waals surface area contributed by atoms with Crippen LogP contribution in [0.1, 0.15) is 24.4 Å². The summed E-state index contributed by atoms with van der Waals surface area (Å²) in [5.41, 5.74) is 6.76.